The smallest absolute Gasteiger partial charge is 0.123 e. The number of ether oxygens (including phenoxy) is 1. The topological polar surface area (TPSA) is 30.4 Å². The van der Waals surface area contributed by atoms with Gasteiger partial charge >= 0.3 is 0 Å². The van der Waals surface area contributed by atoms with E-state index in [9.17, 15) is 4.39 Å². The van der Waals surface area contributed by atoms with Crippen LogP contribution in [-0.2, 0) is 11.2 Å². The number of halogens is 1. The van der Waals surface area contributed by atoms with Crippen LogP contribution in [0, 0.1) is 5.82 Å². The Labute approximate surface area is 128 Å². The molecule has 22 heavy (non-hydrogen) atoms. The van der Waals surface area contributed by atoms with Crippen molar-refractivity contribution in [1.29, 1.82) is 0 Å². The van der Waals surface area contributed by atoms with Crippen LogP contribution in [0.3, 0.4) is 0 Å². The number of rotatable bonds is 4. The first-order valence-corrected chi connectivity index (χ1v) is 7.50. The fraction of sp³-hybridized carbons (Fsp3) is 0.278. The molecule has 1 aliphatic heterocycles. The van der Waals surface area contributed by atoms with Crippen molar-refractivity contribution in [3.8, 4) is 5.69 Å². The number of nitrogens with zero attached hydrogens (tertiary/aromatic N) is 2. The molecule has 112 valence electrons. The molecule has 2 heterocycles. The molecule has 0 radical (unpaired) electrons. The molecule has 0 aliphatic carbocycles. The summed E-state index contributed by atoms with van der Waals surface area (Å²) in [6, 6.07) is 12.6. The van der Waals surface area contributed by atoms with Gasteiger partial charge in [-0.15, -0.1) is 0 Å². The van der Waals surface area contributed by atoms with Gasteiger partial charge in [0.05, 0.1) is 29.6 Å². The van der Waals surface area contributed by atoms with Crippen molar-refractivity contribution in [2.24, 2.45) is 0 Å². The maximum Gasteiger partial charge on any atom is 0.123 e. The van der Waals surface area contributed by atoms with Crippen LogP contribution in [-0.4, -0.2) is 22.0 Å². The number of hydrogen-bond acceptors (Lipinski definition) is 2. The van der Waals surface area contributed by atoms with Crippen molar-refractivity contribution >= 4 is 10.9 Å². The summed E-state index contributed by atoms with van der Waals surface area (Å²) < 4.78 is 20.4. The van der Waals surface area contributed by atoms with Gasteiger partial charge in [-0.25, -0.2) is 9.07 Å². The average molecular weight is 296 g/mol. The number of aryl methyl sites for hydroxylation is 1. The summed E-state index contributed by atoms with van der Waals surface area (Å²) in [6.07, 6.45) is 3.89. The second-order valence-corrected chi connectivity index (χ2v) is 6.12. The lowest BCUT2D eigenvalue weighted by atomic mass is 9.99. The number of aromatic nitrogens is 2. The molecule has 0 bridgehead atoms. The second kappa shape index (κ2) is 4.92. The Kier molecular flexibility index (Phi) is 3.01. The maximum atomic E-state index is 13.1. The largest absolute Gasteiger partial charge is 0.370 e. The summed E-state index contributed by atoms with van der Waals surface area (Å²) in [4.78, 5) is 0. The van der Waals surface area contributed by atoms with Gasteiger partial charge in [0.15, 0.2) is 0 Å². The van der Waals surface area contributed by atoms with Crippen LogP contribution in [0.5, 0.6) is 0 Å². The molecule has 1 atom stereocenters. The quantitative estimate of drug-likeness (QED) is 0.684. The fourth-order valence-corrected chi connectivity index (χ4v) is 2.78. The van der Waals surface area contributed by atoms with E-state index in [1.165, 1.54) is 17.7 Å². The Bertz CT molecular complexity index is 819. The number of hydrogen-bond donors (Lipinski definition) is 0. The summed E-state index contributed by atoms with van der Waals surface area (Å²) in [6.45, 7) is 3.01. The van der Waals surface area contributed by atoms with E-state index in [-0.39, 0.29) is 11.4 Å². The first-order valence-electron chi connectivity index (χ1n) is 7.50. The molecule has 2 aromatic carbocycles. The molecule has 0 saturated carbocycles. The van der Waals surface area contributed by atoms with Gasteiger partial charge in [0.1, 0.15) is 5.82 Å². The summed E-state index contributed by atoms with van der Waals surface area (Å²) >= 11 is 0. The minimum absolute atomic E-state index is 0.0646. The molecular weight excluding hydrogens is 279 g/mol. The van der Waals surface area contributed by atoms with E-state index >= 15 is 0 Å². The Morgan fingerprint density at radius 3 is 2.73 bits per heavy atom. The monoisotopic (exact) mass is 296 g/mol. The van der Waals surface area contributed by atoms with Crippen molar-refractivity contribution in [3.05, 3.63) is 60.0 Å². The van der Waals surface area contributed by atoms with Crippen molar-refractivity contribution in [2.45, 2.75) is 25.4 Å². The third kappa shape index (κ3) is 2.40. The maximum absolute atomic E-state index is 13.1. The van der Waals surface area contributed by atoms with Gasteiger partial charge in [0.2, 0.25) is 0 Å². The minimum atomic E-state index is -0.237. The lowest BCUT2D eigenvalue weighted by molar-refractivity contribution is 0.309. The van der Waals surface area contributed by atoms with E-state index < -0.39 is 0 Å². The summed E-state index contributed by atoms with van der Waals surface area (Å²) in [5, 5.41) is 5.63. The van der Waals surface area contributed by atoms with E-state index in [0.29, 0.717) is 0 Å². The number of benzene rings is 2. The summed E-state index contributed by atoms with van der Waals surface area (Å²) in [5.74, 6) is -0.237. The fourth-order valence-electron chi connectivity index (χ4n) is 2.78. The highest BCUT2D eigenvalue weighted by molar-refractivity contribution is 5.83. The average Bonchev–Trinajstić information content (AvgIpc) is 3.10. The van der Waals surface area contributed by atoms with E-state index in [1.807, 2.05) is 16.9 Å². The van der Waals surface area contributed by atoms with Crippen LogP contribution in [0.4, 0.5) is 4.39 Å². The van der Waals surface area contributed by atoms with Crippen LogP contribution in [0.2, 0.25) is 0 Å². The highest BCUT2D eigenvalue weighted by Crippen LogP contribution is 2.32. The van der Waals surface area contributed by atoms with Crippen molar-refractivity contribution < 1.29 is 9.13 Å². The van der Waals surface area contributed by atoms with Gasteiger partial charge in [0, 0.05) is 5.39 Å². The Hall–Kier alpha value is -2.20. The first kappa shape index (κ1) is 13.5. The molecule has 0 amide bonds. The Balaban J connectivity index is 1.71. The lowest BCUT2D eigenvalue weighted by Gasteiger charge is -2.07. The molecule has 1 aromatic heterocycles. The molecule has 0 spiro atoms. The standard InChI is InChI=1S/C18H17FN2O/c1-18(12-22-18)10-9-13-3-2-4-17-16(13)11-20-21(17)15-7-5-14(19)6-8-15/h2-8,11H,9-10,12H2,1H3. The van der Waals surface area contributed by atoms with Crippen LogP contribution < -0.4 is 0 Å². The van der Waals surface area contributed by atoms with Gasteiger partial charge < -0.3 is 4.74 Å². The highest BCUT2D eigenvalue weighted by Gasteiger charge is 2.38. The van der Waals surface area contributed by atoms with Gasteiger partial charge in [-0.3, -0.25) is 0 Å². The van der Waals surface area contributed by atoms with Crippen LogP contribution in [0.15, 0.2) is 48.7 Å². The SMILES string of the molecule is CC1(CCc2cccc3c2cnn3-c2ccc(F)cc2)CO1. The molecule has 3 nitrogen and oxygen atoms in total. The van der Waals surface area contributed by atoms with Crippen molar-refractivity contribution in [1.82, 2.24) is 9.78 Å². The predicted molar refractivity (Wildman–Crippen MR) is 83.7 cm³/mol. The number of epoxide rings is 1. The highest BCUT2D eigenvalue weighted by atomic mass is 19.1. The minimum Gasteiger partial charge on any atom is -0.370 e. The van der Waals surface area contributed by atoms with Crippen LogP contribution >= 0.6 is 0 Å². The zero-order valence-corrected chi connectivity index (χ0v) is 12.4. The molecule has 1 fully saturated rings. The van der Waals surface area contributed by atoms with Gasteiger partial charge in [-0.2, -0.15) is 5.10 Å². The van der Waals surface area contributed by atoms with Crippen molar-refractivity contribution in [2.75, 3.05) is 6.61 Å². The zero-order valence-electron chi connectivity index (χ0n) is 12.4. The summed E-state index contributed by atoms with van der Waals surface area (Å²) in [5.41, 5.74) is 3.26. The van der Waals surface area contributed by atoms with Gasteiger partial charge in [0.25, 0.3) is 0 Å². The molecule has 4 rings (SSSR count). The normalized spacial score (nSPS) is 20.5. The van der Waals surface area contributed by atoms with E-state index in [0.717, 1.165) is 36.0 Å². The van der Waals surface area contributed by atoms with Crippen LogP contribution in [0.25, 0.3) is 16.6 Å². The lowest BCUT2D eigenvalue weighted by Crippen LogP contribution is -2.05. The van der Waals surface area contributed by atoms with E-state index in [2.05, 4.69) is 24.2 Å². The van der Waals surface area contributed by atoms with Gasteiger partial charge in [-0.1, -0.05) is 12.1 Å². The molecule has 4 heteroatoms. The molecule has 1 aliphatic rings. The molecule has 1 saturated heterocycles. The van der Waals surface area contributed by atoms with Crippen LogP contribution in [0.1, 0.15) is 18.9 Å². The number of fused-ring (bicyclic) bond motifs is 1. The Morgan fingerprint density at radius 2 is 2.00 bits per heavy atom. The molecule has 0 N–H and O–H groups in total. The second-order valence-electron chi connectivity index (χ2n) is 6.12. The molecular formula is C18H17FN2O. The third-order valence-electron chi connectivity index (χ3n) is 4.34. The zero-order chi connectivity index (χ0) is 15.2. The van der Waals surface area contributed by atoms with E-state index in [1.54, 1.807) is 12.1 Å². The Morgan fingerprint density at radius 1 is 1.23 bits per heavy atom. The summed E-state index contributed by atoms with van der Waals surface area (Å²) in [7, 11) is 0. The first-order chi connectivity index (χ1) is 10.6. The molecule has 1 unspecified atom stereocenters. The predicted octanol–water partition coefficient (Wildman–Crippen LogP) is 3.89. The van der Waals surface area contributed by atoms with Gasteiger partial charge in [-0.05, 0) is 55.7 Å². The van der Waals surface area contributed by atoms with Crippen molar-refractivity contribution in [3.63, 3.8) is 0 Å². The third-order valence-corrected chi connectivity index (χ3v) is 4.34. The molecule has 3 aromatic rings. The van der Waals surface area contributed by atoms with E-state index in [4.69, 9.17) is 4.74 Å².